The highest BCUT2D eigenvalue weighted by Gasteiger charge is 2.74. The van der Waals surface area contributed by atoms with Gasteiger partial charge >= 0.3 is 0 Å². The third kappa shape index (κ3) is 7.90. The van der Waals surface area contributed by atoms with E-state index in [4.69, 9.17) is 15.2 Å². The number of aliphatic hydroxyl groups is 2. The Labute approximate surface area is 489 Å². The molecule has 6 aromatic rings. The Kier molecular flexibility index (Phi) is 11.8. The maximum Gasteiger partial charge on any atom is 0.243 e. The zero-order valence-electron chi connectivity index (χ0n) is 47.2. The number of fused-ring (bicyclic) bond motifs is 8. The summed E-state index contributed by atoms with van der Waals surface area (Å²) in [6, 6.07) is 18.8. The number of benzene rings is 4. The summed E-state index contributed by atoms with van der Waals surface area (Å²) in [5.74, 6) is 0.778. The number of piperidine rings is 2. The smallest absolute Gasteiger partial charge is 0.243 e. The number of phenolic OH excluding ortho intramolecular Hbond substituents is 2. The van der Waals surface area contributed by atoms with Gasteiger partial charge < -0.3 is 72.2 Å². The minimum atomic E-state index is -1.16. The molecule has 4 fully saturated rings. The fourth-order valence-corrected chi connectivity index (χ4v) is 17.2. The molecule has 13 N–H and O–H groups in total. The Morgan fingerprint density at radius 1 is 0.671 bits per heavy atom. The molecule has 6 heterocycles. The molecule has 10 aliphatic rings. The van der Waals surface area contributed by atoms with Crippen LogP contribution in [0.25, 0.3) is 21.8 Å². The summed E-state index contributed by atoms with van der Waals surface area (Å²) < 4.78 is 13.5. The number of carbonyl (C=O) groups is 4. The van der Waals surface area contributed by atoms with E-state index in [0.29, 0.717) is 79.6 Å². The Morgan fingerprint density at radius 2 is 1.25 bits per heavy atom. The first-order valence-corrected chi connectivity index (χ1v) is 30.6. The number of para-hydroxylation sites is 1. The minimum absolute atomic E-state index is 0.0651. The van der Waals surface area contributed by atoms with Gasteiger partial charge in [0, 0.05) is 97.0 Å². The lowest BCUT2D eigenvalue weighted by Crippen LogP contribution is -2.74. The van der Waals surface area contributed by atoms with Crippen molar-refractivity contribution >= 4 is 62.8 Å². The maximum absolute atomic E-state index is 13.4. The van der Waals surface area contributed by atoms with Crippen LogP contribution >= 0.6 is 0 Å². The minimum Gasteiger partial charge on any atom is -0.504 e. The normalized spacial score (nSPS) is 28.8. The van der Waals surface area contributed by atoms with E-state index < -0.39 is 57.9 Å². The zero-order chi connectivity index (χ0) is 57.9. The number of carbonyl (C=O) groups excluding carboxylic acids is 4. The first kappa shape index (κ1) is 52.7. The molecule has 4 bridgehead atoms. The Bertz CT molecular complexity index is 3890. The van der Waals surface area contributed by atoms with E-state index in [1.165, 1.54) is 25.7 Å². The van der Waals surface area contributed by atoms with Crippen molar-refractivity contribution in [2.45, 2.75) is 130 Å². The number of aromatic amines is 2. The van der Waals surface area contributed by atoms with Crippen LogP contribution in [0.15, 0.2) is 65.7 Å². The number of aromatic hydroxyl groups is 2. The molecule has 4 amide bonds. The number of hydrogen-bond acceptors (Lipinski definition) is 13. The lowest BCUT2D eigenvalue weighted by Gasteiger charge is -2.62. The molecule has 21 nitrogen and oxygen atoms in total. The molecule has 4 aliphatic heterocycles. The number of anilines is 2. The Morgan fingerprint density at radius 3 is 1.85 bits per heavy atom. The number of amides is 4. The Balaban J connectivity index is 0.492. The number of H-pyrrole nitrogens is 2. The lowest BCUT2D eigenvalue weighted by atomic mass is 9.49. The van der Waals surface area contributed by atoms with Crippen LogP contribution in [0.5, 0.6) is 23.0 Å². The number of likely N-dealkylation sites (tertiary alicyclic amines) is 2. The summed E-state index contributed by atoms with van der Waals surface area (Å²) >= 11 is 0. The SMILES string of the molecule is NC(=NCCCNC(=O)CNC(=O)CCC(=O)NCC(=O)Nc1cccc2c3c([nH]c12)[C@@H]1Oc2c(O)ccc4c2[C@@]12CCN(CC1CC1)[C@@H](C4)[C@]2(O)C3)Nc1ccc2[nH]c3c(c2c1)C[C@@]1(O)[C@@H]2Cc4ccc(O)c5c4[C@@]1(CCN2CC1CC1)[C@H]3O5. The van der Waals surface area contributed by atoms with E-state index in [0.717, 1.165) is 99.3 Å². The highest BCUT2D eigenvalue weighted by molar-refractivity contribution is 6.04. The number of phenols is 2. The maximum atomic E-state index is 13.4. The van der Waals surface area contributed by atoms with Gasteiger partial charge in [-0.2, -0.15) is 0 Å². The number of ether oxygens (including phenoxy) is 2. The van der Waals surface area contributed by atoms with Gasteiger partial charge in [-0.15, -0.1) is 0 Å². The third-order valence-corrected chi connectivity index (χ3v) is 21.3. The van der Waals surface area contributed by atoms with Gasteiger partial charge in [0.2, 0.25) is 23.6 Å². The van der Waals surface area contributed by atoms with Crippen LogP contribution < -0.4 is 41.8 Å². The van der Waals surface area contributed by atoms with Crippen molar-refractivity contribution < 1.29 is 49.1 Å². The van der Waals surface area contributed by atoms with Crippen molar-refractivity contribution in [1.29, 1.82) is 0 Å². The molecule has 442 valence electrons. The van der Waals surface area contributed by atoms with Gasteiger partial charge in [0.05, 0.1) is 57.7 Å². The number of rotatable bonds is 17. The number of nitrogens with two attached hydrogens (primary N) is 1. The number of aromatic nitrogens is 2. The Hall–Kier alpha value is -7.85. The molecule has 4 aromatic carbocycles. The topological polar surface area (TPSA) is 304 Å². The van der Waals surface area contributed by atoms with Crippen molar-refractivity contribution in [3.63, 3.8) is 0 Å². The molecule has 85 heavy (non-hydrogen) atoms. The summed E-state index contributed by atoms with van der Waals surface area (Å²) in [7, 11) is 0. The largest absolute Gasteiger partial charge is 0.504 e. The average molecular weight is 1150 g/mol. The monoisotopic (exact) mass is 1150 g/mol. The first-order chi connectivity index (χ1) is 41.1. The highest BCUT2D eigenvalue weighted by Crippen LogP contribution is 2.71. The molecule has 0 radical (unpaired) electrons. The van der Waals surface area contributed by atoms with Crippen LogP contribution in [0.4, 0.5) is 11.4 Å². The van der Waals surface area contributed by atoms with E-state index in [1.807, 2.05) is 42.5 Å². The first-order valence-electron chi connectivity index (χ1n) is 30.6. The van der Waals surface area contributed by atoms with E-state index in [-0.39, 0.29) is 62.0 Å². The molecule has 2 saturated carbocycles. The number of guanidine groups is 1. The fraction of sp³-hybridized carbons (Fsp3) is 0.484. The van der Waals surface area contributed by atoms with Crippen molar-refractivity contribution in [2.24, 2.45) is 22.6 Å². The van der Waals surface area contributed by atoms with E-state index >= 15 is 0 Å². The van der Waals surface area contributed by atoms with Gasteiger partial charge in [0.1, 0.15) is 0 Å². The number of nitrogens with one attached hydrogen (secondary N) is 7. The molecule has 8 atom stereocenters. The molecule has 6 aliphatic carbocycles. The van der Waals surface area contributed by atoms with Crippen LogP contribution in [0.2, 0.25) is 0 Å². The van der Waals surface area contributed by atoms with Gasteiger partial charge in [-0.1, -0.05) is 24.3 Å². The molecule has 2 spiro atoms. The number of aliphatic imine (C=N–C) groups is 1. The summed E-state index contributed by atoms with van der Waals surface area (Å²) in [5, 5.41) is 64.5. The molecule has 2 saturated heterocycles. The summed E-state index contributed by atoms with van der Waals surface area (Å²) in [6.45, 7) is 3.63. The molecular weight excluding hydrogens is 1080 g/mol. The van der Waals surface area contributed by atoms with Gasteiger partial charge in [-0.05, 0) is 141 Å². The third-order valence-electron chi connectivity index (χ3n) is 21.3. The predicted molar refractivity (Wildman–Crippen MR) is 315 cm³/mol. The van der Waals surface area contributed by atoms with Crippen LogP contribution in [-0.2, 0) is 55.7 Å². The van der Waals surface area contributed by atoms with Gasteiger partial charge in [-0.25, -0.2) is 0 Å². The van der Waals surface area contributed by atoms with E-state index in [9.17, 15) is 39.6 Å². The quantitative estimate of drug-likeness (QED) is 0.0344. The van der Waals surface area contributed by atoms with Crippen molar-refractivity contribution in [1.82, 2.24) is 35.7 Å². The second-order valence-electron chi connectivity index (χ2n) is 26.1. The van der Waals surface area contributed by atoms with Gasteiger partial charge in [0.25, 0.3) is 0 Å². The highest BCUT2D eigenvalue weighted by atomic mass is 16.5. The van der Waals surface area contributed by atoms with Crippen molar-refractivity contribution in [2.75, 3.05) is 63.0 Å². The van der Waals surface area contributed by atoms with Crippen LogP contribution in [0.1, 0.15) is 115 Å². The van der Waals surface area contributed by atoms with Gasteiger partial charge in [0.15, 0.2) is 41.2 Å². The average Bonchev–Trinajstić information content (AvgIpc) is 1.58. The van der Waals surface area contributed by atoms with Crippen LogP contribution in [0.3, 0.4) is 0 Å². The summed E-state index contributed by atoms with van der Waals surface area (Å²) in [4.78, 5) is 68.3. The van der Waals surface area contributed by atoms with Crippen molar-refractivity contribution in [3.8, 4) is 23.0 Å². The molecule has 2 aromatic heterocycles. The van der Waals surface area contributed by atoms with E-state index in [1.54, 1.807) is 18.2 Å². The van der Waals surface area contributed by atoms with E-state index in [2.05, 4.69) is 51.3 Å². The molecular formula is C64H71N11O10. The number of nitrogens with zero attached hydrogens (tertiary/aromatic N) is 3. The molecule has 0 unspecified atom stereocenters. The molecule has 16 rings (SSSR count). The molecule has 21 heteroatoms. The number of hydrogen-bond donors (Lipinski definition) is 12. The zero-order valence-corrected chi connectivity index (χ0v) is 47.2. The van der Waals surface area contributed by atoms with Crippen molar-refractivity contribution in [3.05, 3.63) is 105 Å². The fourth-order valence-electron chi connectivity index (χ4n) is 17.2. The standard InChI is InChI=1S/C64H71N11O10/c65-60(70-36-11-12-41-38(25-36)40-27-64(83)46-24-34-9-13-43(76)56-51(34)61(64,58(84-56)54(40)72-41)17-21-75(46)31-33-7-8-33)67-20-2-19-66-49(80)28-68-47(78)15-16-48(79)69-29-50(81)71-42-4-1-3-37-39-26-63(82)45-23-35-10-14-44(77)57-52(35)62(63,18-22-74(45)30-32-5-6-32)59(85-57)55(39)73-53(37)42/h1,3-4,9-14,25,32-33,45-46,58-59,72-73,76-77,82-83H,2,5-8,15-24,26-31H2,(H,66,80)(H,68,78)(H,69,79)(H,71,81)(H3,65,67,70)/t45-,46-,58-,59-,61-,62-,63+,64+/m0/s1. The summed E-state index contributed by atoms with van der Waals surface area (Å²) in [5.41, 5.74) is 13.3. The lowest BCUT2D eigenvalue weighted by molar-refractivity contribution is -0.173. The van der Waals surface area contributed by atoms with Gasteiger partial charge in [-0.3, -0.25) is 34.0 Å². The predicted octanol–water partition coefficient (Wildman–Crippen LogP) is 4.34. The van der Waals surface area contributed by atoms with Crippen LogP contribution in [-0.4, -0.2) is 145 Å². The second kappa shape index (κ2) is 19.1. The van der Waals surface area contributed by atoms with Crippen LogP contribution in [0, 0.1) is 11.8 Å². The second-order valence-corrected chi connectivity index (χ2v) is 26.1. The summed E-state index contributed by atoms with van der Waals surface area (Å²) in [6.07, 6.45) is 7.55.